The summed E-state index contributed by atoms with van der Waals surface area (Å²) in [6, 6.07) is 8.01. The van der Waals surface area contributed by atoms with Gasteiger partial charge in [-0.25, -0.2) is 4.79 Å². The van der Waals surface area contributed by atoms with Crippen LogP contribution in [0.15, 0.2) is 24.3 Å². The quantitative estimate of drug-likeness (QED) is 0.879. The maximum atomic E-state index is 11.7. The van der Waals surface area contributed by atoms with Crippen LogP contribution in [0.1, 0.15) is 44.9 Å². The van der Waals surface area contributed by atoms with Gasteiger partial charge < -0.3 is 15.8 Å². The number of carbonyl (C=O) groups excluding carboxylic acids is 1. The highest BCUT2D eigenvalue weighted by Gasteiger charge is 2.18. The Bertz CT molecular complexity index is 407. The van der Waals surface area contributed by atoms with Crippen LogP contribution in [0.4, 0.5) is 4.79 Å². The zero-order valence-corrected chi connectivity index (χ0v) is 12.2. The standard InChI is InChI=1S/C15H24N2O2/c1-11(17-14(18)19-15(2,3)4)13-7-5-12(6-8-13)9-10-16/h5-8,11H,9-10,16H2,1-4H3,(H,17,18)/t11-/m0/s1. The summed E-state index contributed by atoms with van der Waals surface area (Å²) >= 11 is 0. The highest BCUT2D eigenvalue weighted by atomic mass is 16.6. The molecule has 1 aromatic carbocycles. The van der Waals surface area contributed by atoms with Gasteiger partial charge in [0.15, 0.2) is 0 Å². The first-order chi connectivity index (χ1) is 8.81. The molecule has 0 radical (unpaired) electrons. The van der Waals surface area contributed by atoms with Crippen LogP contribution in [0.5, 0.6) is 0 Å². The van der Waals surface area contributed by atoms with Crippen LogP contribution in [0, 0.1) is 0 Å². The molecule has 0 aliphatic heterocycles. The number of benzene rings is 1. The van der Waals surface area contributed by atoms with Crippen molar-refractivity contribution in [1.82, 2.24) is 5.32 Å². The molecule has 1 aromatic rings. The van der Waals surface area contributed by atoms with Crippen LogP contribution in [0.2, 0.25) is 0 Å². The number of nitrogens with two attached hydrogens (primary N) is 1. The van der Waals surface area contributed by atoms with Crippen LogP contribution in [0.3, 0.4) is 0 Å². The largest absolute Gasteiger partial charge is 0.444 e. The summed E-state index contributed by atoms with van der Waals surface area (Å²) in [6.45, 7) is 8.11. The van der Waals surface area contributed by atoms with Crippen molar-refractivity contribution in [3.05, 3.63) is 35.4 Å². The SMILES string of the molecule is C[C@H](NC(=O)OC(C)(C)C)c1ccc(CCN)cc1. The lowest BCUT2D eigenvalue weighted by molar-refractivity contribution is 0.0508. The summed E-state index contributed by atoms with van der Waals surface area (Å²) in [5.74, 6) is 0. The Hall–Kier alpha value is -1.55. The second-order valence-electron chi connectivity index (χ2n) is 5.65. The lowest BCUT2D eigenvalue weighted by Crippen LogP contribution is -2.34. The maximum absolute atomic E-state index is 11.7. The Morgan fingerprint density at radius 1 is 1.32 bits per heavy atom. The van der Waals surface area contributed by atoms with Crippen molar-refractivity contribution in [2.45, 2.75) is 45.8 Å². The van der Waals surface area contributed by atoms with E-state index in [2.05, 4.69) is 5.32 Å². The molecule has 0 aliphatic rings. The molecule has 1 atom stereocenters. The van der Waals surface area contributed by atoms with E-state index in [0.717, 1.165) is 12.0 Å². The topological polar surface area (TPSA) is 64.3 Å². The fourth-order valence-electron chi connectivity index (χ4n) is 1.71. The Morgan fingerprint density at radius 2 is 1.89 bits per heavy atom. The minimum atomic E-state index is -0.477. The molecule has 19 heavy (non-hydrogen) atoms. The van der Waals surface area contributed by atoms with Crippen molar-refractivity contribution in [2.75, 3.05) is 6.54 Å². The van der Waals surface area contributed by atoms with Crippen molar-refractivity contribution in [2.24, 2.45) is 5.73 Å². The monoisotopic (exact) mass is 264 g/mol. The molecule has 0 saturated carbocycles. The number of nitrogens with one attached hydrogen (secondary N) is 1. The molecule has 0 saturated heterocycles. The van der Waals surface area contributed by atoms with Crippen LogP contribution in [-0.4, -0.2) is 18.2 Å². The van der Waals surface area contributed by atoms with Crippen molar-refractivity contribution >= 4 is 6.09 Å². The number of ether oxygens (including phenoxy) is 1. The van der Waals surface area contributed by atoms with Gasteiger partial charge in [0, 0.05) is 0 Å². The van der Waals surface area contributed by atoms with E-state index < -0.39 is 11.7 Å². The second kappa shape index (κ2) is 6.57. The minimum absolute atomic E-state index is 0.0817. The van der Waals surface area contributed by atoms with E-state index in [-0.39, 0.29) is 6.04 Å². The van der Waals surface area contributed by atoms with Crippen molar-refractivity contribution in [3.63, 3.8) is 0 Å². The van der Waals surface area contributed by atoms with Crippen molar-refractivity contribution < 1.29 is 9.53 Å². The third-order valence-corrected chi connectivity index (χ3v) is 2.65. The van der Waals surface area contributed by atoms with E-state index in [1.165, 1.54) is 5.56 Å². The number of alkyl carbamates (subject to hydrolysis) is 1. The van der Waals surface area contributed by atoms with Gasteiger partial charge in [-0.3, -0.25) is 0 Å². The second-order valence-corrected chi connectivity index (χ2v) is 5.65. The molecule has 1 amide bonds. The predicted molar refractivity (Wildman–Crippen MR) is 77.0 cm³/mol. The third kappa shape index (κ3) is 5.75. The molecule has 106 valence electrons. The normalized spacial score (nSPS) is 12.9. The molecule has 1 rings (SSSR count). The predicted octanol–water partition coefficient (Wildman–Crippen LogP) is 2.77. The first kappa shape index (κ1) is 15.5. The Morgan fingerprint density at radius 3 is 2.37 bits per heavy atom. The molecular formula is C15H24N2O2. The fraction of sp³-hybridized carbons (Fsp3) is 0.533. The molecule has 0 bridgehead atoms. The van der Waals surface area contributed by atoms with E-state index in [4.69, 9.17) is 10.5 Å². The van der Waals surface area contributed by atoms with E-state index in [1.54, 1.807) is 0 Å². The molecule has 0 heterocycles. The van der Waals surface area contributed by atoms with Gasteiger partial charge >= 0.3 is 6.09 Å². The van der Waals surface area contributed by atoms with Crippen molar-refractivity contribution in [1.29, 1.82) is 0 Å². The molecule has 4 nitrogen and oxygen atoms in total. The van der Waals surface area contributed by atoms with E-state index in [9.17, 15) is 4.79 Å². The zero-order chi connectivity index (χ0) is 14.5. The summed E-state index contributed by atoms with van der Waals surface area (Å²) in [6.07, 6.45) is 0.472. The van der Waals surface area contributed by atoms with Gasteiger partial charge in [-0.2, -0.15) is 0 Å². The molecular weight excluding hydrogens is 240 g/mol. The van der Waals surface area contributed by atoms with Gasteiger partial charge in [0.1, 0.15) is 5.60 Å². The van der Waals surface area contributed by atoms with Gasteiger partial charge in [0.05, 0.1) is 6.04 Å². The highest BCUT2D eigenvalue weighted by Crippen LogP contribution is 2.15. The Kier molecular flexibility index (Phi) is 5.36. The Labute approximate surface area is 115 Å². The van der Waals surface area contributed by atoms with Crippen LogP contribution in [0.25, 0.3) is 0 Å². The molecule has 4 heteroatoms. The van der Waals surface area contributed by atoms with Crippen molar-refractivity contribution in [3.8, 4) is 0 Å². The summed E-state index contributed by atoms with van der Waals surface area (Å²) in [5, 5.41) is 2.82. The first-order valence-corrected chi connectivity index (χ1v) is 6.60. The summed E-state index contributed by atoms with van der Waals surface area (Å²) in [4.78, 5) is 11.7. The number of carbonyl (C=O) groups is 1. The van der Waals surface area contributed by atoms with Gasteiger partial charge in [0.2, 0.25) is 0 Å². The Balaban J connectivity index is 2.57. The zero-order valence-electron chi connectivity index (χ0n) is 12.2. The number of hydrogen-bond acceptors (Lipinski definition) is 3. The lowest BCUT2D eigenvalue weighted by Gasteiger charge is -2.22. The van der Waals surface area contributed by atoms with Crippen LogP contribution >= 0.6 is 0 Å². The van der Waals surface area contributed by atoms with Gasteiger partial charge in [0.25, 0.3) is 0 Å². The average molecular weight is 264 g/mol. The van der Waals surface area contributed by atoms with Gasteiger partial charge in [-0.05, 0) is 51.8 Å². The van der Waals surface area contributed by atoms with Crippen LogP contribution in [-0.2, 0) is 11.2 Å². The van der Waals surface area contributed by atoms with E-state index in [0.29, 0.717) is 6.54 Å². The van der Waals surface area contributed by atoms with Gasteiger partial charge in [-0.1, -0.05) is 24.3 Å². The summed E-state index contributed by atoms with van der Waals surface area (Å²) in [5.41, 5.74) is 7.28. The van der Waals surface area contributed by atoms with E-state index in [1.807, 2.05) is 52.0 Å². The highest BCUT2D eigenvalue weighted by molar-refractivity contribution is 5.68. The number of rotatable bonds is 4. The van der Waals surface area contributed by atoms with E-state index >= 15 is 0 Å². The molecule has 0 spiro atoms. The molecule has 3 N–H and O–H groups in total. The molecule has 0 fully saturated rings. The number of hydrogen-bond donors (Lipinski definition) is 2. The first-order valence-electron chi connectivity index (χ1n) is 6.60. The summed E-state index contributed by atoms with van der Waals surface area (Å²) in [7, 11) is 0. The molecule has 0 aliphatic carbocycles. The van der Waals surface area contributed by atoms with Gasteiger partial charge in [-0.15, -0.1) is 0 Å². The minimum Gasteiger partial charge on any atom is -0.444 e. The molecule has 0 aromatic heterocycles. The lowest BCUT2D eigenvalue weighted by atomic mass is 10.0. The third-order valence-electron chi connectivity index (χ3n) is 2.65. The van der Waals surface area contributed by atoms with Crippen LogP contribution < -0.4 is 11.1 Å². The average Bonchev–Trinajstić information content (AvgIpc) is 2.27. The smallest absolute Gasteiger partial charge is 0.408 e. The number of amides is 1. The summed E-state index contributed by atoms with van der Waals surface area (Å²) < 4.78 is 5.23. The fourth-order valence-corrected chi connectivity index (χ4v) is 1.71. The molecule has 0 unspecified atom stereocenters. The maximum Gasteiger partial charge on any atom is 0.408 e.